The Labute approximate surface area is 205 Å². The molecule has 1 atom stereocenters. The van der Waals surface area contributed by atoms with Crippen molar-refractivity contribution in [2.45, 2.75) is 30.1 Å². The molecule has 0 amide bonds. The van der Waals surface area contributed by atoms with Gasteiger partial charge in [0.05, 0.1) is 41.6 Å². The van der Waals surface area contributed by atoms with Crippen molar-refractivity contribution in [3.05, 3.63) is 35.6 Å². The van der Waals surface area contributed by atoms with Crippen molar-refractivity contribution in [3.63, 3.8) is 0 Å². The summed E-state index contributed by atoms with van der Waals surface area (Å²) in [6.45, 7) is 2.83. The van der Waals surface area contributed by atoms with Crippen LogP contribution in [-0.4, -0.2) is 92.0 Å². The van der Waals surface area contributed by atoms with E-state index in [2.05, 4.69) is 31.3 Å². The number of para-hydroxylation sites is 2. The first kappa shape index (κ1) is 23.8. The molecule has 3 aliphatic heterocycles. The lowest BCUT2D eigenvalue weighted by molar-refractivity contribution is -0.0158. The number of anilines is 1. The van der Waals surface area contributed by atoms with Crippen LogP contribution in [0.25, 0.3) is 11.0 Å². The summed E-state index contributed by atoms with van der Waals surface area (Å²) in [5.74, 6) is 2.25. The van der Waals surface area contributed by atoms with Gasteiger partial charge in [-0.3, -0.25) is 4.99 Å². The largest absolute Gasteiger partial charge is 0.487 e. The van der Waals surface area contributed by atoms with Gasteiger partial charge in [0.25, 0.3) is 0 Å². The van der Waals surface area contributed by atoms with Gasteiger partial charge in [0.2, 0.25) is 5.95 Å². The van der Waals surface area contributed by atoms with Crippen molar-refractivity contribution in [2.24, 2.45) is 17.0 Å². The Kier molecular flexibility index (Phi) is 6.30. The fourth-order valence-electron chi connectivity index (χ4n) is 5.21. The van der Waals surface area contributed by atoms with Crippen LogP contribution in [0.4, 0.5) is 5.95 Å². The molecule has 0 unspecified atom stereocenters. The number of benzene rings is 1. The van der Waals surface area contributed by atoms with Crippen LogP contribution in [0.1, 0.15) is 19.3 Å². The van der Waals surface area contributed by atoms with Crippen molar-refractivity contribution >= 4 is 39.0 Å². The average molecular weight is 501 g/mol. The van der Waals surface area contributed by atoms with Gasteiger partial charge in [-0.05, 0) is 31.4 Å². The Morgan fingerprint density at radius 2 is 2.00 bits per heavy atom. The van der Waals surface area contributed by atoms with Crippen molar-refractivity contribution in [2.75, 3.05) is 51.5 Å². The van der Waals surface area contributed by atoms with Crippen LogP contribution in [0.3, 0.4) is 0 Å². The molecule has 2 aromatic rings. The number of sulfone groups is 1. The minimum atomic E-state index is -3.23. The Bertz CT molecular complexity index is 1310. The molecule has 4 aliphatic rings. The van der Waals surface area contributed by atoms with Gasteiger partial charge in [-0.2, -0.15) is 0 Å². The summed E-state index contributed by atoms with van der Waals surface area (Å²) in [4.78, 5) is 15.3. The molecule has 188 valence electrons. The second-order valence-corrected chi connectivity index (χ2v) is 11.6. The number of hydrogen-bond acceptors (Lipinski definition) is 9. The number of rotatable bonds is 3. The zero-order valence-electron chi connectivity index (χ0n) is 20.4. The predicted molar refractivity (Wildman–Crippen MR) is 137 cm³/mol. The molecule has 4 heterocycles. The van der Waals surface area contributed by atoms with E-state index in [9.17, 15) is 8.42 Å². The Morgan fingerprint density at radius 3 is 2.69 bits per heavy atom. The van der Waals surface area contributed by atoms with Crippen LogP contribution < -0.4 is 5.32 Å². The summed E-state index contributed by atoms with van der Waals surface area (Å²) in [6, 6.07) is 8.21. The number of amidine groups is 1. The first-order chi connectivity index (χ1) is 16.9. The van der Waals surface area contributed by atoms with E-state index in [0.29, 0.717) is 45.0 Å². The number of imidazole rings is 1. The second-order valence-electron chi connectivity index (χ2n) is 9.30. The number of fused-ring (bicyclic) bond motifs is 4. The summed E-state index contributed by atoms with van der Waals surface area (Å²) >= 11 is 0. The average Bonchev–Trinajstić information content (AvgIpc) is 3.00. The highest BCUT2D eigenvalue weighted by atomic mass is 32.2. The summed E-state index contributed by atoms with van der Waals surface area (Å²) < 4.78 is 37.7. The molecule has 1 aromatic carbocycles. The molecule has 1 aromatic heterocycles. The van der Waals surface area contributed by atoms with Crippen LogP contribution in [0, 0.1) is 0 Å². The number of aromatic nitrogens is 2. The lowest BCUT2D eigenvalue weighted by atomic mass is 9.77. The number of aliphatic imine (C=N–C) groups is 2. The summed E-state index contributed by atoms with van der Waals surface area (Å²) in [5, 5.41) is 3.04. The highest BCUT2D eigenvalue weighted by Gasteiger charge is 2.52. The normalized spacial score (nSPS) is 23.1. The van der Waals surface area contributed by atoms with Crippen molar-refractivity contribution in [3.8, 4) is 0 Å². The summed E-state index contributed by atoms with van der Waals surface area (Å²) in [5.41, 5.74) is 2.97. The number of nitrogens with one attached hydrogen (secondary N) is 1. The van der Waals surface area contributed by atoms with Crippen LogP contribution in [-0.2, 0) is 26.4 Å². The molecule has 1 N–H and O–H groups in total. The van der Waals surface area contributed by atoms with Crippen molar-refractivity contribution < 1.29 is 17.9 Å². The molecule has 35 heavy (non-hydrogen) atoms. The quantitative estimate of drug-likeness (QED) is 0.686. The van der Waals surface area contributed by atoms with Crippen LogP contribution >= 0.6 is 0 Å². The van der Waals surface area contributed by atoms with E-state index in [1.165, 1.54) is 12.6 Å². The SMILES string of the molecule is CNc1nc2ccccc2n1C.CS(=O)(=O)C1(C2=C3OC[C@@H]4COCCN4C3=NC=NC2)CCC1. The van der Waals surface area contributed by atoms with E-state index < -0.39 is 14.6 Å². The van der Waals surface area contributed by atoms with Crippen LogP contribution in [0.5, 0.6) is 0 Å². The fourth-order valence-corrected chi connectivity index (χ4v) is 6.85. The molecule has 10 nitrogen and oxygen atoms in total. The first-order valence-corrected chi connectivity index (χ1v) is 13.8. The third kappa shape index (κ3) is 4.10. The zero-order chi connectivity index (χ0) is 24.6. The van der Waals surface area contributed by atoms with Gasteiger partial charge in [-0.1, -0.05) is 12.1 Å². The van der Waals surface area contributed by atoms with Gasteiger partial charge in [0.15, 0.2) is 21.4 Å². The smallest absolute Gasteiger partial charge is 0.203 e. The van der Waals surface area contributed by atoms with E-state index in [4.69, 9.17) is 9.47 Å². The lowest BCUT2D eigenvalue weighted by Gasteiger charge is -2.46. The predicted octanol–water partition coefficient (Wildman–Crippen LogP) is 1.99. The minimum Gasteiger partial charge on any atom is -0.487 e. The minimum absolute atomic E-state index is 0.134. The number of ether oxygens (including phenoxy) is 2. The summed E-state index contributed by atoms with van der Waals surface area (Å²) in [7, 11) is 0.644. The Morgan fingerprint density at radius 1 is 1.20 bits per heavy atom. The van der Waals surface area contributed by atoms with Gasteiger partial charge >= 0.3 is 0 Å². The maximum absolute atomic E-state index is 12.5. The number of morpholine rings is 2. The Hall–Kier alpha value is -2.92. The van der Waals surface area contributed by atoms with Gasteiger partial charge in [-0.25, -0.2) is 18.4 Å². The molecular formula is C24H32N6O4S. The third-order valence-corrected chi connectivity index (χ3v) is 9.41. The standard InChI is InChI=1S/C15H21N3O4S.C9H11N3/c1-23(19,20)15(3-2-4-15)12-7-16-10-17-14-13(12)22-9-11-8-21-6-5-18(11)14;1-10-9-11-7-5-3-4-6-8(7)12(9)2/h10-11H,2-9H2,1H3;3-6H,1-2H3,(H,10,11)/t11-;/m0./s1. The first-order valence-electron chi connectivity index (χ1n) is 11.9. The van der Waals surface area contributed by atoms with Crippen molar-refractivity contribution in [1.82, 2.24) is 14.5 Å². The van der Waals surface area contributed by atoms with E-state index in [1.807, 2.05) is 36.9 Å². The van der Waals surface area contributed by atoms with Gasteiger partial charge < -0.3 is 24.3 Å². The molecule has 11 heteroatoms. The van der Waals surface area contributed by atoms with Crippen LogP contribution in [0.2, 0.25) is 0 Å². The maximum atomic E-state index is 12.5. The molecule has 0 radical (unpaired) electrons. The molecular weight excluding hydrogens is 468 g/mol. The summed E-state index contributed by atoms with van der Waals surface area (Å²) in [6.07, 6.45) is 5.05. The van der Waals surface area contributed by atoms with Gasteiger partial charge in [0.1, 0.15) is 12.9 Å². The maximum Gasteiger partial charge on any atom is 0.203 e. The molecule has 3 fully saturated rings. The molecule has 1 aliphatic carbocycles. The van der Waals surface area contributed by atoms with E-state index in [-0.39, 0.29) is 6.04 Å². The number of aryl methyl sites for hydroxylation is 1. The number of hydrogen-bond donors (Lipinski definition) is 1. The monoisotopic (exact) mass is 500 g/mol. The molecule has 0 spiro atoms. The fraction of sp³-hybridized carbons (Fsp3) is 0.542. The third-order valence-electron chi connectivity index (χ3n) is 7.34. The highest BCUT2D eigenvalue weighted by Crippen LogP contribution is 2.47. The van der Waals surface area contributed by atoms with E-state index >= 15 is 0 Å². The topological polar surface area (TPSA) is 110 Å². The highest BCUT2D eigenvalue weighted by molar-refractivity contribution is 7.92. The molecule has 2 saturated heterocycles. The van der Waals surface area contributed by atoms with Crippen LogP contribution in [0.15, 0.2) is 45.6 Å². The Balaban J connectivity index is 0.000000178. The van der Waals surface area contributed by atoms with E-state index in [1.54, 1.807) is 0 Å². The van der Waals surface area contributed by atoms with E-state index in [0.717, 1.165) is 41.4 Å². The lowest BCUT2D eigenvalue weighted by Crippen LogP contribution is -2.56. The molecule has 0 bridgehead atoms. The number of nitrogens with zero attached hydrogens (tertiary/aromatic N) is 5. The second kappa shape index (κ2) is 9.27. The zero-order valence-corrected chi connectivity index (χ0v) is 21.2. The molecule has 6 rings (SSSR count). The van der Waals surface area contributed by atoms with Crippen molar-refractivity contribution in [1.29, 1.82) is 0 Å². The van der Waals surface area contributed by atoms with Gasteiger partial charge in [0, 0.05) is 32.5 Å². The molecule has 1 saturated carbocycles. The van der Waals surface area contributed by atoms with Gasteiger partial charge in [-0.15, -0.1) is 0 Å².